The number of hydrogen-bond acceptors (Lipinski definition) is 5. The van der Waals surface area contributed by atoms with Gasteiger partial charge in [-0.2, -0.15) is 4.99 Å². The van der Waals surface area contributed by atoms with Gasteiger partial charge in [0, 0.05) is 0 Å². The quantitative estimate of drug-likeness (QED) is 0.387. The standard InChI is InChI=1S/C14H19NO4/c1-5-8-11(12(17)6-2)14(19,13(18)7-3)10(4)15-9-16/h6-7,10-11,19H,2-3,5,8H2,1,4H3. The first kappa shape index (κ1) is 17.2. The van der Waals surface area contributed by atoms with Gasteiger partial charge < -0.3 is 5.11 Å². The Morgan fingerprint density at radius 3 is 2.37 bits per heavy atom. The van der Waals surface area contributed by atoms with Gasteiger partial charge >= 0.3 is 0 Å². The van der Waals surface area contributed by atoms with Crippen molar-refractivity contribution in [2.75, 3.05) is 0 Å². The summed E-state index contributed by atoms with van der Waals surface area (Å²) in [5.41, 5.74) is -2.10. The molecule has 0 aromatic rings. The number of nitrogens with zero attached hydrogens (tertiary/aromatic N) is 1. The van der Waals surface area contributed by atoms with Crippen LogP contribution >= 0.6 is 0 Å². The average Bonchev–Trinajstić information content (AvgIpc) is 2.42. The molecule has 0 aliphatic carbocycles. The first-order valence-electron chi connectivity index (χ1n) is 6.02. The van der Waals surface area contributed by atoms with Crippen molar-refractivity contribution in [2.24, 2.45) is 10.9 Å². The van der Waals surface area contributed by atoms with Crippen LogP contribution in [0.5, 0.6) is 0 Å². The van der Waals surface area contributed by atoms with E-state index in [1.54, 1.807) is 0 Å². The van der Waals surface area contributed by atoms with E-state index in [4.69, 9.17) is 0 Å². The Kier molecular flexibility index (Phi) is 6.83. The molecular weight excluding hydrogens is 246 g/mol. The molecule has 5 heteroatoms. The zero-order chi connectivity index (χ0) is 15.1. The fourth-order valence-electron chi connectivity index (χ4n) is 2.02. The minimum absolute atomic E-state index is 0.277. The Bertz CT molecular complexity index is 423. The first-order valence-corrected chi connectivity index (χ1v) is 6.02. The van der Waals surface area contributed by atoms with E-state index >= 15 is 0 Å². The normalized spacial score (nSPS) is 16.4. The summed E-state index contributed by atoms with van der Waals surface area (Å²) in [6.45, 7) is 9.87. The fraction of sp³-hybridized carbons (Fsp3) is 0.500. The maximum absolute atomic E-state index is 11.9. The van der Waals surface area contributed by atoms with Crippen LogP contribution in [0.1, 0.15) is 26.7 Å². The van der Waals surface area contributed by atoms with Gasteiger partial charge in [0.25, 0.3) is 0 Å². The third kappa shape index (κ3) is 3.56. The fourth-order valence-corrected chi connectivity index (χ4v) is 2.02. The summed E-state index contributed by atoms with van der Waals surface area (Å²) < 4.78 is 0. The maximum Gasteiger partial charge on any atom is 0.235 e. The largest absolute Gasteiger partial charge is 0.379 e. The van der Waals surface area contributed by atoms with Crippen molar-refractivity contribution in [3.63, 3.8) is 0 Å². The molecule has 0 saturated carbocycles. The van der Waals surface area contributed by atoms with Crippen LogP contribution in [-0.2, 0) is 14.4 Å². The molecule has 0 radical (unpaired) electrons. The molecule has 0 aliphatic heterocycles. The number of carbonyl (C=O) groups is 2. The van der Waals surface area contributed by atoms with Crippen molar-refractivity contribution in [3.05, 3.63) is 25.3 Å². The molecule has 0 fully saturated rings. The van der Waals surface area contributed by atoms with E-state index < -0.39 is 29.1 Å². The van der Waals surface area contributed by atoms with Gasteiger partial charge in [-0.3, -0.25) is 9.59 Å². The molecular formula is C14H19NO4. The molecule has 0 rings (SSSR count). The van der Waals surface area contributed by atoms with Crippen molar-refractivity contribution in [2.45, 2.75) is 38.3 Å². The van der Waals surface area contributed by atoms with Gasteiger partial charge in [0.05, 0.1) is 12.0 Å². The predicted octanol–water partition coefficient (Wildman–Crippen LogP) is 1.37. The summed E-state index contributed by atoms with van der Waals surface area (Å²) in [5, 5.41) is 10.6. The molecule has 3 unspecified atom stereocenters. The summed E-state index contributed by atoms with van der Waals surface area (Å²) in [5.74, 6) is -2.22. The van der Waals surface area contributed by atoms with Gasteiger partial charge in [-0.1, -0.05) is 26.5 Å². The molecule has 3 atom stereocenters. The van der Waals surface area contributed by atoms with E-state index in [1.807, 2.05) is 6.92 Å². The zero-order valence-corrected chi connectivity index (χ0v) is 11.3. The highest BCUT2D eigenvalue weighted by Crippen LogP contribution is 2.30. The summed E-state index contributed by atoms with van der Waals surface area (Å²) in [6.07, 6.45) is 4.13. The van der Waals surface area contributed by atoms with Crippen molar-refractivity contribution in [3.8, 4) is 0 Å². The second-order valence-corrected chi connectivity index (χ2v) is 4.24. The number of ketones is 2. The van der Waals surface area contributed by atoms with E-state index in [2.05, 4.69) is 18.2 Å². The number of carbonyl (C=O) groups excluding carboxylic acids is 3. The van der Waals surface area contributed by atoms with E-state index in [-0.39, 0.29) is 6.42 Å². The second-order valence-electron chi connectivity index (χ2n) is 4.24. The summed E-state index contributed by atoms with van der Waals surface area (Å²) in [4.78, 5) is 37.5. The minimum Gasteiger partial charge on any atom is -0.379 e. The number of rotatable bonds is 9. The zero-order valence-electron chi connectivity index (χ0n) is 11.3. The Morgan fingerprint density at radius 1 is 1.42 bits per heavy atom. The van der Waals surface area contributed by atoms with Gasteiger partial charge in [-0.15, -0.1) is 0 Å². The molecule has 5 nitrogen and oxygen atoms in total. The van der Waals surface area contributed by atoms with Crippen molar-refractivity contribution >= 4 is 17.6 Å². The minimum atomic E-state index is -2.10. The number of hydrogen-bond donors (Lipinski definition) is 1. The molecule has 0 heterocycles. The van der Waals surface area contributed by atoms with Gasteiger partial charge in [0.15, 0.2) is 17.2 Å². The van der Waals surface area contributed by atoms with Crippen molar-refractivity contribution < 1.29 is 19.5 Å². The Hall–Kier alpha value is -1.84. The molecule has 1 N–H and O–H groups in total. The van der Waals surface area contributed by atoms with E-state index in [0.717, 1.165) is 12.2 Å². The highest BCUT2D eigenvalue weighted by Gasteiger charge is 2.49. The van der Waals surface area contributed by atoms with Crippen LogP contribution in [0, 0.1) is 5.92 Å². The van der Waals surface area contributed by atoms with E-state index in [1.165, 1.54) is 13.0 Å². The van der Waals surface area contributed by atoms with E-state index in [9.17, 15) is 19.5 Å². The molecule has 19 heavy (non-hydrogen) atoms. The van der Waals surface area contributed by atoms with Gasteiger partial charge in [0.2, 0.25) is 6.08 Å². The van der Waals surface area contributed by atoms with Gasteiger partial charge in [-0.25, -0.2) is 4.79 Å². The summed E-state index contributed by atoms with van der Waals surface area (Å²) >= 11 is 0. The third-order valence-electron chi connectivity index (χ3n) is 3.12. The predicted molar refractivity (Wildman–Crippen MR) is 71.3 cm³/mol. The maximum atomic E-state index is 11.9. The van der Waals surface area contributed by atoms with Crippen molar-refractivity contribution in [1.82, 2.24) is 0 Å². The lowest BCUT2D eigenvalue weighted by atomic mass is 9.74. The average molecular weight is 265 g/mol. The van der Waals surface area contributed by atoms with E-state index in [0.29, 0.717) is 6.42 Å². The van der Waals surface area contributed by atoms with Crippen LogP contribution in [-0.4, -0.2) is 34.4 Å². The Balaban J connectivity index is 5.83. The second kappa shape index (κ2) is 7.56. The number of isocyanates is 1. The van der Waals surface area contributed by atoms with Crippen LogP contribution in [0.2, 0.25) is 0 Å². The summed E-state index contributed by atoms with van der Waals surface area (Å²) in [7, 11) is 0. The smallest absolute Gasteiger partial charge is 0.235 e. The van der Waals surface area contributed by atoms with Crippen LogP contribution in [0.4, 0.5) is 0 Å². The molecule has 0 spiro atoms. The molecule has 0 amide bonds. The highest BCUT2D eigenvalue weighted by atomic mass is 16.3. The Labute approximate surface area is 112 Å². The first-order chi connectivity index (χ1) is 8.89. The number of aliphatic hydroxyl groups is 1. The molecule has 0 saturated heterocycles. The van der Waals surface area contributed by atoms with Crippen LogP contribution in [0.3, 0.4) is 0 Å². The topological polar surface area (TPSA) is 83.8 Å². The molecule has 104 valence electrons. The van der Waals surface area contributed by atoms with Crippen LogP contribution in [0.15, 0.2) is 30.3 Å². The van der Waals surface area contributed by atoms with Gasteiger partial charge in [-0.05, 0) is 25.5 Å². The third-order valence-corrected chi connectivity index (χ3v) is 3.12. The molecule has 0 aliphatic rings. The van der Waals surface area contributed by atoms with Crippen LogP contribution in [0.25, 0.3) is 0 Å². The molecule has 0 aromatic carbocycles. The number of aliphatic imine (C=N–C) groups is 1. The lowest BCUT2D eigenvalue weighted by molar-refractivity contribution is -0.147. The van der Waals surface area contributed by atoms with Gasteiger partial charge in [0.1, 0.15) is 0 Å². The summed E-state index contributed by atoms with van der Waals surface area (Å²) in [6, 6.07) is -1.09. The molecule has 0 aromatic heterocycles. The Morgan fingerprint density at radius 2 is 2.00 bits per heavy atom. The monoisotopic (exact) mass is 265 g/mol. The van der Waals surface area contributed by atoms with Crippen molar-refractivity contribution in [1.29, 1.82) is 0 Å². The molecule has 0 bridgehead atoms. The van der Waals surface area contributed by atoms with Crippen LogP contribution < -0.4 is 0 Å². The number of allylic oxidation sites excluding steroid dienone is 1. The SMILES string of the molecule is C=CC(=O)C(CCC)C(O)(C(=O)C=C)C(C)N=C=O. The highest BCUT2D eigenvalue weighted by molar-refractivity contribution is 6.03. The lowest BCUT2D eigenvalue weighted by Gasteiger charge is -2.35. The lowest BCUT2D eigenvalue weighted by Crippen LogP contribution is -2.55.